The number of halogens is 2. The van der Waals surface area contributed by atoms with E-state index in [9.17, 15) is 9.18 Å². The monoisotopic (exact) mass is 376 g/mol. The van der Waals surface area contributed by atoms with E-state index in [1.807, 2.05) is 6.07 Å². The first kappa shape index (κ1) is 16.7. The number of carbonyl (C=O) groups is 1. The van der Waals surface area contributed by atoms with Crippen molar-refractivity contribution in [1.29, 1.82) is 0 Å². The van der Waals surface area contributed by atoms with Crippen molar-refractivity contribution in [3.05, 3.63) is 58.4 Å². The van der Waals surface area contributed by atoms with Crippen molar-refractivity contribution in [2.75, 3.05) is 6.79 Å². The minimum atomic E-state index is -0.824. The lowest BCUT2D eigenvalue weighted by atomic mass is 10.0. The second-order valence-electron chi connectivity index (χ2n) is 5.84. The Kier molecular flexibility index (Phi) is 4.38. The van der Waals surface area contributed by atoms with Gasteiger partial charge in [0.15, 0.2) is 11.5 Å². The molecular weight excluding hydrogens is 363 g/mol. The molecule has 0 bridgehead atoms. The van der Waals surface area contributed by atoms with Crippen molar-refractivity contribution in [3.63, 3.8) is 0 Å². The molecular formula is C18H14ClFN2O4. The van der Waals surface area contributed by atoms with Gasteiger partial charge in [0.25, 0.3) is 5.91 Å². The van der Waals surface area contributed by atoms with Crippen LogP contribution in [0.15, 0.2) is 41.6 Å². The van der Waals surface area contributed by atoms with Gasteiger partial charge in [0.2, 0.25) is 12.9 Å². The fourth-order valence-corrected chi connectivity index (χ4v) is 3.07. The minimum absolute atomic E-state index is 0.146. The van der Waals surface area contributed by atoms with E-state index < -0.39 is 11.9 Å². The maximum absolute atomic E-state index is 14.0. The van der Waals surface area contributed by atoms with E-state index >= 15 is 0 Å². The van der Waals surface area contributed by atoms with Crippen molar-refractivity contribution in [1.82, 2.24) is 5.32 Å². The lowest BCUT2D eigenvalue weighted by Gasteiger charge is -2.10. The Labute approximate surface area is 153 Å². The lowest BCUT2D eigenvalue weighted by Crippen LogP contribution is -2.34. The number of hydrogen-bond donors (Lipinski definition) is 1. The molecule has 26 heavy (non-hydrogen) atoms. The molecule has 1 amide bonds. The van der Waals surface area contributed by atoms with Gasteiger partial charge in [-0.25, -0.2) is 4.39 Å². The Bertz CT molecular complexity index is 883. The smallest absolute Gasteiger partial charge is 0.264 e. The third kappa shape index (κ3) is 3.17. The summed E-state index contributed by atoms with van der Waals surface area (Å²) in [6, 6.07) is 9.79. The highest BCUT2D eigenvalue weighted by molar-refractivity contribution is 6.34. The van der Waals surface area contributed by atoms with Crippen LogP contribution in [0.2, 0.25) is 5.02 Å². The van der Waals surface area contributed by atoms with Crippen LogP contribution < -0.4 is 14.8 Å². The zero-order valence-electron chi connectivity index (χ0n) is 13.5. The molecule has 0 fully saturated rings. The average Bonchev–Trinajstić information content (AvgIpc) is 3.28. The molecule has 0 spiro atoms. The van der Waals surface area contributed by atoms with Gasteiger partial charge >= 0.3 is 0 Å². The number of benzene rings is 2. The van der Waals surface area contributed by atoms with Crippen molar-refractivity contribution in [2.24, 2.45) is 5.16 Å². The van der Waals surface area contributed by atoms with Crippen LogP contribution in [0.4, 0.5) is 4.39 Å². The molecule has 8 heteroatoms. The van der Waals surface area contributed by atoms with Crippen LogP contribution >= 0.6 is 11.6 Å². The molecule has 0 aromatic heterocycles. The number of nitrogens with zero attached hydrogens (tertiary/aromatic N) is 1. The molecule has 0 saturated heterocycles. The molecule has 6 nitrogen and oxygen atoms in total. The largest absolute Gasteiger partial charge is 0.454 e. The third-order valence-corrected chi connectivity index (χ3v) is 4.43. The summed E-state index contributed by atoms with van der Waals surface area (Å²) in [4.78, 5) is 17.5. The number of fused-ring (bicyclic) bond motifs is 1. The molecule has 4 rings (SSSR count). The van der Waals surface area contributed by atoms with Gasteiger partial charge in [0, 0.05) is 13.0 Å². The highest BCUT2D eigenvalue weighted by atomic mass is 35.5. The summed E-state index contributed by atoms with van der Waals surface area (Å²) in [7, 11) is 0. The van der Waals surface area contributed by atoms with Crippen molar-refractivity contribution < 1.29 is 23.5 Å². The average molecular weight is 377 g/mol. The molecule has 1 N–H and O–H groups in total. The van der Waals surface area contributed by atoms with E-state index in [1.54, 1.807) is 18.2 Å². The molecule has 2 aliphatic rings. The van der Waals surface area contributed by atoms with E-state index in [4.69, 9.17) is 25.9 Å². The topological polar surface area (TPSA) is 69.2 Å². The second-order valence-corrected chi connectivity index (χ2v) is 6.25. The first-order chi connectivity index (χ1) is 12.6. The Morgan fingerprint density at radius 1 is 1.27 bits per heavy atom. The predicted molar refractivity (Wildman–Crippen MR) is 91.8 cm³/mol. The summed E-state index contributed by atoms with van der Waals surface area (Å²) < 4.78 is 24.5. The lowest BCUT2D eigenvalue weighted by molar-refractivity contribution is -0.131. The van der Waals surface area contributed by atoms with Gasteiger partial charge in [0.05, 0.1) is 16.3 Å². The number of hydrogen-bond acceptors (Lipinski definition) is 5. The fraction of sp³-hybridized carbons (Fsp3) is 0.222. The maximum Gasteiger partial charge on any atom is 0.264 e. The van der Waals surface area contributed by atoms with Crippen LogP contribution in [0.25, 0.3) is 0 Å². The van der Waals surface area contributed by atoms with Gasteiger partial charge in [-0.3, -0.25) is 4.79 Å². The number of oxime groups is 1. The summed E-state index contributed by atoms with van der Waals surface area (Å²) in [6.07, 6.45) is -0.678. The number of carbonyl (C=O) groups excluding carboxylic acids is 1. The first-order valence-corrected chi connectivity index (χ1v) is 8.33. The van der Waals surface area contributed by atoms with Crippen LogP contribution in [-0.2, 0) is 16.2 Å². The summed E-state index contributed by atoms with van der Waals surface area (Å²) in [5.74, 6) is 0.489. The van der Waals surface area contributed by atoms with Crippen LogP contribution in [-0.4, -0.2) is 24.5 Å². The Hall–Kier alpha value is -2.80. The van der Waals surface area contributed by atoms with Crippen molar-refractivity contribution >= 4 is 23.2 Å². The second kappa shape index (κ2) is 6.84. The third-order valence-electron chi connectivity index (χ3n) is 4.12. The Balaban J connectivity index is 1.37. The molecule has 2 aromatic rings. The van der Waals surface area contributed by atoms with Crippen molar-refractivity contribution in [3.8, 4) is 11.5 Å². The number of rotatable bonds is 4. The molecule has 0 saturated carbocycles. The molecule has 134 valence electrons. The summed E-state index contributed by atoms with van der Waals surface area (Å²) >= 11 is 6.03. The maximum atomic E-state index is 14.0. The zero-order chi connectivity index (χ0) is 18.1. The highest BCUT2D eigenvalue weighted by Crippen LogP contribution is 2.32. The molecule has 2 aromatic carbocycles. The molecule has 1 atom stereocenters. The molecule has 1 unspecified atom stereocenters. The van der Waals surface area contributed by atoms with Gasteiger partial charge in [-0.2, -0.15) is 0 Å². The van der Waals surface area contributed by atoms with Gasteiger partial charge < -0.3 is 19.6 Å². The first-order valence-electron chi connectivity index (χ1n) is 7.95. The number of nitrogens with one attached hydrogen (secondary N) is 1. The SMILES string of the molecule is O=C(NCc1ccc2c(c1)OCO2)C1CC(c2c(F)cccc2Cl)=NO1. The van der Waals surface area contributed by atoms with Crippen LogP contribution in [0, 0.1) is 5.82 Å². The predicted octanol–water partition coefficient (Wildman–Crippen LogP) is 3.02. The van der Waals surface area contributed by atoms with E-state index in [0.717, 1.165) is 5.56 Å². The van der Waals surface area contributed by atoms with E-state index in [-0.39, 0.29) is 29.7 Å². The number of ether oxygens (including phenoxy) is 2. The summed E-state index contributed by atoms with van der Waals surface area (Å²) in [6.45, 7) is 0.491. The summed E-state index contributed by atoms with van der Waals surface area (Å²) in [5.41, 5.74) is 1.34. The number of amides is 1. The normalized spacial score (nSPS) is 17.6. The molecule has 2 heterocycles. The van der Waals surface area contributed by atoms with Gasteiger partial charge in [-0.05, 0) is 29.8 Å². The fourth-order valence-electron chi connectivity index (χ4n) is 2.79. The molecule has 2 aliphatic heterocycles. The standard InChI is InChI=1S/C18H14ClFN2O4/c19-11-2-1-3-12(20)17(11)13-7-16(26-22-13)18(23)21-8-10-4-5-14-15(6-10)25-9-24-14/h1-6,16H,7-9H2,(H,21,23). The summed E-state index contributed by atoms with van der Waals surface area (Å²) in [5, 5.41) is 6.83. The quantitative estimate of drug-likeness (QED) is 0.890. The highest BCUT2D eigenvalue weighted by Gasteiger charge is 2.31. The van der Waals surface area contributed by atoms with Gasteiger partial charge in [0.1, 0.15) is 5.82 Å². The van der Waals surface area contributed by atoms with Crippen LogP contribution in [0.5, 0.6) is 11.5 Å². The molecule has 0 aliphatic carbocycles. The van der Waals surface area contributed by atoms with E-state index in [0.29, 0.717) is 23.8 Å². The Morgan fingerprint density at radius 2 is 2.12 bits per heavy atom. The zero-order valence-corrected chi connectivity index (χ0v) is 14.3. The van der Waals surface area contributed by atoms with Crippen LogP contribution in [0.1, 0.15) is 17.5 Å². The Morgan fingerprint density at radius 3 is 2.96 bits per heavy atom. The minimum Gasteiger partial charge on any atom is -0.454 e. The van der Waals surface area contributed by atoms with E-state index in [1.165, 1.54) is 12.1 Å². The molecule has 0 radical (unpaired) electrons. The van der Waals surface area contributed by atoms with Crippen molar-refractivity contribution in [2.45, 2.75) is 19.1 Å². The van der Waals surface area contributed by atoms with Gasteiger partial charge in [-0.1, -0.05) is 28.9 Å². The van der Waals surface area contributed by atoms with Gasteiger partial charge in [-0.15, -0.1) is 0 Å². The van der Waals surface area contributed by atoms with E-state index in [2.05, 4.69) is 10.5 Å². The van der Waals surface area contributed by atoms with Crippen LogP contribution in [0.3, 0.4) is 0 Å².